The van der Waals surface area contributed by atoms with E-state index >= 15 is 0 Å². The Morgan fingerprint density at radius 1 is 1.71 bits per heavy atom. The number of rotatable bonds is 5. The Kier molecular flexibility index (Phi) is 4.10. The van der Waals surface area contributed by atoms with Gasteiger partial charge in [-0.15, -0.1) is 0 Å². The number of likely N-dealkylation sites (tertiary alicyclic amines) is 1. The molecule has 1 atom stereocenters. The van der Waals surface area contributed by atoms with Crippen LogP contribution in [0.5, 0.6) is 0 Å². The number of carbonyl (C=O) groups is 1. The molecule has 1 rings (SSSR count). The molecule has 0 saturated carbocycles. The molecule has 1 fully saturated rings. The summed E-state index contributed by atoms with van der Waals surface area (Å²) in [6.07, 6.45) is 1.20. The highest BCUT2D eigenvalue weighted by Gasteiger charge is 2.18. The van der Waals surface area contributed by atoms with Crippen molar-refractivity contribution in [3.05, 3.63) is 12.2 Å². The predicted molar refractivity (Wildman–Crippen MR) is 55.2 cm³/mol. The zero-order valence-corrected chi connectivity index (χ0v) is 8.62. The third kappa shape index (κ3) is 3.47. The number of nitrogens with zero attached hydrogens (tertiary/aromatic N) is 1. The van der Waals surface area contributed by atoms with Crippen LogP contribution in [0.15, 0.2) is 12.2 Å². The van der Waals surface area contributed by atoms with Gasteiger partial charge in [-0.25, -0.2) is 4.79 Å². The SMILES string of the molecule is C=C(CNCC1CCN(C)C1)C(=O)O. The lowest BCUT2D eigenvalue weighted by atomic mass is 10.1. The molecule has 2 N–H and O–H groups in total. The van der Waals surface area contributed by atoms with Crippen molar-refractivity contribution in [1.82, 2.24) is 10.2 Å². The molecule has 1 aliphatic heterocycles. The Balaban J connectivity index is 2.10. The van der Waals surface area contributed by atoms with E-state index in [1.807, 2.05) is 0 Å². The monoisotopic (exact) mass is 198 g/mol. The largest absolute Gasteiger partial charge is 0.478 e. The van der Waals surface area contributed by atoms with E-state index in [4.69, 9.17) is 5.11 Å². The number of aliphatic carboxylic acids is 1. The van der Waals surface area contributed by atoms with E-state index in [1.54, 1.807) is 0 Å². The van der Waals surface area contributed by atoms with Crippen LogP contribution in [0, 0.1) is 5.92 Å². The normalized spacial score (nSPS) is 22.5. The van der Waals surface area contributed by atoms with Crippen LogP contribution in [0.4, 0.5) is 0 Å². The Hall–Kier alpha value is -0.870. The molecule has 0 aliphatic carbocycles. The maximum atomic E-state index is 10.4. The van der Waals surface area contributed by atoms with Crippen LogP contribution in [-0.4, -0.2) is 49.2 Å². The molecule has 0 amide bonds. The van der Waals surface area contributed by atoms with E-state index in [-0.39, 0.29) is 5.57 Å². The Morgan fingerprint density at radius 2 is 2.43 bits per heavy atom. The third-order valence-corrected chi connectivity index (χ3v) is 2.56. The lowest BCUT2D eigenvalue weighted by Gasteiger charge is -2.11. The quantitative estimate of drug-likeness (QED) is 0.618. The fourth-order valence-electron chi connectivity index (χ4n) is 1.70. The highest BCUT2D eigenvalue weighted by Crippen LogP contribution is 2.12. The van der Waals surface area contributed by atoms with Gasteiger partial charge in [0, 0.05) is 18.7 Å². The second-order valence-corrected chi connectivity index (χ2v) is 3.96. The summed E-state index contributed by atoms with van der Waals surface area (Å²) in [7, 11) is 2.11. The van der Waals surface area contributed by atoms with E-state index in [0.29, 0.717) is 12.5 Å². The predicted octanol–water partition coefficient (Wildman–Crippen LogP) is 0.169. The minimum absolute atomic E-state index is 0.233. The van der Waals surface area contributed by atoms with Gasteiger partial charge in [0.1, 0.15) is 0 Å². The Morgan fingerprint density at radius 3 is 2.93 bits per heavy atom. The maximum absolute atomic E-state index is 10.4. The molecule has 0 spiro atoms. The fourth-order valence-corrected chi connectivity index (χ4v) is 1.70. The van der Waals surface area contributed by atoms with Crippen molar-refractivity contribution in [2.45, 2.75) is 6.42 Å². The van der Waals surface area contributed by atoms with Crippen molar-refractivity contribution in [2.75, 3.05) is 33.2 Å². The van der Waals surface area contributed by atoms with Gasteiger partial charge in [0.25, 0.3) is 0 Å². The molecule has 0 aromatic carbocycles. The van der Waals surface area contributed by atoms with Crippen LogP contribution in [0.1, 0.15) is 6.42 Å². The van der Waals surface area contributed by atoms with Crippen LogP contribution in [0.25, 0.3) is 0 Å². The Labute approximate surface area is 84.6 Å². The van der Waals surface area contributed by atoms with Crippen molar-refractivity contribution < 1.29 is 9.90 Å². The summed E-state index contributed by atoms with van der Waals surface area (Å²) in [4.78, 5) is 12.7. The van der Waals surface area contributed by atoms with Crippen molar-refractivity contribution in [3.63, 3.8) is 0 Å². The zero-order valence-electron chi connectivity index (χ0n) is 8.62. The van der Waals surface area contributed by atoms with Crippen molar-refractivity contribution in [1.29, 1.82) is 0 Å². The van der Waals surface area contributed by atoms with Gasteiger partial charge >= 0.3 is 5.97 Å². The summed E-state index contributed by atoms with van der Waals surface area (Å²) in [5.41, 5.74) is 0.233. The smallest absolute Gasteiger partial charge is 0.332 e. The van der Waals surface area contributed by atoms with Crippen LogP contribution in [0.2, 0.25) is 0 Å². The molecule has 0 bridgehead atoms. The van der Waals surface area contributed by atoms with Crippen LogP contribution >= 0.6 is 0 Å². The molecule has 0 aromatic heterocycles. The molecule has 4 heteroatoms. The maximum Gasteiger partial charge on any atom is 0.332 e. The molecular formula is C10H18N2O2. The summed E-state index contributed by atoms with van der Waals surface area (Å²) in [6, 6.07) is 0. The molecule has 1 unspecified atom stereocenters. The molecule has 1 aliphatic rings. The van der Waals surface area contributed by atoms with Gasteiger partial charge in [-0.2, -0.15) is 0 Å². The summed E-state index contributed by atoms with van der Waals surface area (Å²) >= 11 is 0. The van der Waals surface area contributed by atoms with Crippen molar-refractivity contribution >= 4 is 5.97 Å². The van der Waals surface area contributed by atoms with Crippen molar-refractivity contribution in [3.8, 4) is 0 Å². The van der Waals surface area contributed by atoms with Crippen LogP contribution in [-0.2, 0) is 4.79 Å². The summed E-state index contributed by atoms with van der Waals surface area (Å²) < 4.78 is 0. The number of hydrogen-bond donors (Lipinski definition) is 2. The summed E-state index contributed by atoms with van der Waals surface area (Å²) in [5.74, 6) is -0.261. The van der Waals surface area contributed by atoms with Crippen molar-refractivity contribution in [2.24, 2.45) is 5.92 Å². The first-order valence-corrected chi connectivity index (χ1v) is 4.90. The molecule has 1 heterocycles. The second-order valence-electron chi connectivity index (χ2n) is 3.96. The average molecular weight is 198 g/mol. The van der Waals surface area contributed by atoms with Gasteiger partial charge in [-0.1, -0.05) is 6.58 Å². The summed E-state index contributed by atoms with van der Waals surface area (Å²) in [5, 5.41) is 11.7. The molecule has 0 aromatic rings. The first-order valence-electron chi connectivity index (χ1n) is 4.90. The first-order chi connectivity index (χ1) is 6.59. The van der Waals surface area contributed by atoms with E-state index < -0.39 is 5.97 Å². The highest BCUT2D eigenvalue weighted by molar-refractivity contribution is 5.86. The zero-order chi connectivity index (χ0) is 10.6. The van der Waals surface area contributed by atoms with Gasteiger partial charge in [0.15, 0.2) is 0 Å². The fraction of sp³-hybridized carbons (Fsp3) is 0.700. The van der Waals surface area contributed by atoms with E-state index in [2.05, 4.69) is 23.8 Å². The lowest BCUT2D eigenvalue weighted by Crippen LogP contribution is -2.27. The van der Waals surface area contributed by atoms with Gasteiger partial charge in [0.2, 0.25) is 0 Å². The molecular weight excluding hydrogens is 180 g/mol. The van der Waals surface area contributed by atoms with Gasteiger partial charge < -0.3 is 15.3 Å². The third-order valence-electron chi connectivity index (χ3n) is 2.56. The van der Waals surface area contributed by atoms with E-state index in [0.717, 1.165) is 19.6 Å². The molecule has 0 radical (unpaired) electrons. The van der Waals surface area contributed by atoms with Gasteiger partial charge in [-0.05, 0) is 32.5 Å². The Bertz CT molecular complexity index is 228. The number of carboxylic acids is 1. The van der Waals surface area contributed by atoms with Gasteiger partial charge in [-0.3, -0.25) is 0 Å². The van der Waals surface area contributed by atoms with Gasteiger partial charge in [0.05, 0.1) is 0 Å². The highest BCUT2D eigenvalue weighted by atomic mass is 16.4. The molecule has 1 saturated heterocycles. The molecule has 80 valence electrons. The topological polar surface area (TPSA) is 52.6 Å². The lowest BCUT2D eigenvalue weighted by molar-refractivity contribution is -0.132. The van der Waals surface area contributed by atoms with Crippen LogP contribution in [0.3, 0.4) is 0 Å². The minimum Gasteiger partial charge on any atom is -0.478 e. The first kappa shape index (κ1) is 11.2. The van der Waals surface area contributed by atoms with E-state index in [1.165, 1.54) is 6.42 Å². The van der Waals surface area contributed by atoms with Crippen LogP contribution < -0.4 is 5.32 Å². The second kappa shape index (κ2) is 5.12. The number of nitrogens with one attached hydrogen (secondary N) is 1. The number of carboxylic acid groups (broad SMARTS) is 1. The van der Waals surface area contributed by atoms with E-state index in [9.17, 15) is 4.79 Å². The summed E-state index contributed by atoms with van der Waals surface area (Å²) in [6.45, 7) is 6.98. The molecule has 14 heavy (non-hydrogen) atoms. The minimum atomic E-state index is -0.916. The standard InChI is InChI=1S/C10H18N2O2/c1-8(10(13)14)5-11-6-9-3-4-12(2)7-9/h9,11H,1,3-7H2,2H3,(H,13,14). The molecule has 4 nitrogen and oxygen atoms in total. The average Bonchev–Trinajstić information content (AvgIpc) is 2.51. The number of hydrogen-bond acceptors (Lipinski definition) is 3.